The number of nitrogens with zero attached hydrogens (tertiary/aromatic N) is 2. The van der Waals surface area contributed by atoms with E-state index in [0.29, 0.717) is 23.4 Å². The molecule has 7 nitrogen and oxygen atoms in total. The van der Waals surface area contributed by atoms with Crippen molar-refractivity contribution in [3.63, 3.8) is 0 Å². The molecular formula is C20H22N4O3S. The van der Waals surface area contributed by atoms with Gasteiger partial charge in [0.05, 0.1) is 19.8 Å². The molecule has 0 saturated heterocycles. The van der Waals surface area contributed by atoms with Crippen molar-refractivity contribution in [2.45, 2.75) is 26.5 Å². The minimum absolute atomic E-state index is 0.138. The zero-order valence-electron chi connectivity index (χ0n) is 15.9. The van der Waals surface area contributed by atoms with Gasteiger partial charge in [0, 0.05) is 11.3 Å². The maximum Gasteiger partial charge on any atom is 0.246 e. The van der Waals surface area contributed by atoms with Crippen molar-refractivity contribution >= 4 is 23.0 Å². The van der Waals surface area contributed by atoms with E-state index in [1.807, 2.05) is 62.4 Å². The highest BCUT2D eigenvalue weighted by Crippen LogP contribution is 2.20. The summed E-state index contributed by atoms with van der Waals surface area (Å²) in [7, 11) is 1.62. The monoisotopic (exact) mass is 398 g/mol. The van der Waals surface area contributed by atoms with Gasteiger partial charge in [-0.25, -0.2) is 0 Å². The molecule has 0 aliphatic heterocycles. The summed E-state index contributed by atoms with van der Waals surface area (Å²) in [5.41, 5.74) is 1.71. The second-order valence-electron chi connectivity index (χ2n) is 6.24. The van der Waals surface area contributed by atoms with Crippen LogP contribution < -0.4 is 20.1 Å². The number of benzene rings is 2. The Hall–Kier alpha value is -3.13. The summed E-state index contributed by atoms with van der Waals surface area (Å²) in [6.07, 6.45) is 0.138. The summed E-state index contributed by atoms with van der Waals surface area (Å²) in [5.74, 6) is 2.54. The van der Waals surface area contributed by atoms with Crippen LogP contribution in [0.3, 0.4) is 0 Å². The summed E-state index contributed by atoms with van der Waals surface area (Å²) in [5, 5.41) is 10.6. The first-order valence-corrected chi connectivity index (χ1v) is 9.23. The molecule has 1 heterocycles. The third-order valence-electron chi connectivity index (χ3n) is 3.70. The average molecular weight is 398 g/mol. The van der Waals surface area contributed by atoms with Crippen molar-refractivity contribution in [3.8, 4) is 22.9 Å². The quantitative estimate of drug-likeness (QED) is 0.578. The Kier molecular flexibility index (Phi) is 6.44. The molecule has 146 valence electrons. The summed E-state index contributed by atoms with van der Waals surface area (Å²) in [6, 6.07) is 15.0. The Balaban J connectivity index is 1.51. The van der Waals surface area contributed by atoms with E-state index in [4.69, 9.17) is 26.2 Å². The molecule has 2 aromatic carbocycles. The molecule has 3 rings (SSSR count). The lowest BCUT2D eigenvalue weighted by atomic mass is 10.2. The summed E-state index contributed by atoms with van der Waals surface area (Å²) in [6.45, 7) is 4.30. The molecule has 8 heteroatoms. The van der Waals surface area contributed by atoms with Crippen molar-refractivity contribution in [2.75, 3.05) is 12.4 Å². The number of thiocarbonyl (C=S) groups is 1. The zero-order valence-corrected chi connectivity index (χ0v) is 16.7. The maximum absolute atomic E-state index is 5.62. The standard InChI is InChI=1S/C20H22N4O3S/c1-13(2)26-17-10-6-15(7-11-17)22-20(28)21-12-18-23-19(24-27-18)14-4-8-16(25-3)9-5-14/h4-11,13H,12H2,1-3H3,(H2,21,22,28). The van der Waals surface area contributed by atoms with Crippen LogP contribution in [0.15, 0.2) is 53.1 Å². The van der Waals surface area contributed by atoms with Gasteiger partial charge in [-0.05, 0) is 74.6 Å². The molecule has 0 fully saturated rings. The van der Waals surface area contributed by atoms with Crippen molar-refractivity contribution in [3.05, 3.63) is 54.4 Å². The van der Waals surface area contributed by atoms with Gasteiger partial charge in [0.2, 0.25) is 11.7 Å². The van der Waals surface area contributed by atoms with Crippen molar-refractivity contribution in [1.82, 2.24) is 15.5 Å². The molecule has 0 amide bonds. The largest absolute Gasteiger partial charge is 0.497 e. The fourth-order valence-electron chi connectivity index (χ4n) is 2.40. The first-order chi connectivity index (χ1) is 13.5. The van der Waals surface area contributed by atoms with Gasteiger partial charge in [0.1, 0.15) is 11.5 Å². The van der Waals surface area contributed by atoms with Gasteiger partial charge >= 0.3 is 0 Å². The number of methoxy groups -OCH3 is 1. The predicted molar refractivity (Wildman–Crippen MR) is 112 cm³/mol. The Morgan fingerprint density at radius 2 is 1.75 bits per heavy atom. The average Bonchev–Trinajstić information content (AvgIpc) is 3.17. The minimum Gasteiger partial charge on any atom is -0.497 e. The van der Waals surface area contributed by atoms with E-state index < -0.39 is 0 Å². The highest BCUT2D eigenvalue weighted by molar-refractivity contribution is 7.80. The van der Waals surface area contributed by atoms with E-state index >= 15 is 0 Å². The van der Waals surface area contributed by atoms with Gasteiger partial charge < -0.3 is 24.6 Å². The number of rotatable bonds is 7. The van der Waals surface area contributed by atoms with Crippen molar-refractivity contribution in [2.24, 2.45) is 0 Å². The number of hydrogen-bond donors (Lipinski definition) is 2. The van der Waals surface area contributed by atoms with Crippen LogP contribution in [0, 0.1) is 0 Å². The first kappa shape index (κ1) is 19.6. The van der Waals surface area contributed by atoms with E-state index in [1.54, 1.807) is 7.11 Å². The lowest BCUT2D eigenvalue weighted by Crippen LogP contribution is -2.28. The SMILES string of the molecule is COc1ccc(-c2noc(CNC(=S)Nc3ccc(OC(C)C)cc3)n2)cc1. The Bertz CT molecular complexity index is 908. The minimum atomic E-state index is 0.138. The summed E-state index contributed by atoms with van der Waals surface area (Å²) < 4.78 is 16.0. The zero-order chi connectivity index (χ0) is 19.9. The second-order valence-corrected chi connectivity index (χ2v) is 6.65. The molecule has 1 aromatic heterocycles. The van der Waals surface area contributed by atoms with Gasteiger partial charge in [-0.1, -0.05) is 5.16 Å². The van der Waals surface area contributed by atoms with Gasteiger partial charge in [-0.3, -0.25) is 0 Å². The molecule has 0 unspecified atom stereocenters. The Morgan fingerprint density at radius 1 is 1.07 bits per heavy atom. The number of ether oxygens (including phenoxy) is 2. The van der Waals surface area contributed by atoms with Crippen LogP contribution in [0.2, 0.25) is 0 Å². The van der Waals surface area contributed by atoms with E-state index in [-0.39, 0.29) is 6.10 Å². The molecule has 0 saturated carbocycles. The van der Waals surface area contributed by atoms with Gasteiger partial charge in [0.15, 0.2) is 5.11 Å². The summed E-state index contributed by atoms with van der Waals surface area (Å²) in [4.78, 5) is 4.37. The van der Waals surface area contributed by atoms with Crippen LogP contribution in [0.1, 0.15) is 19.7 Å². The molecule has 3 aromatic rings. The lowest BCUT2D eigenvalue weighted by Gasteiger charge is -2.12. The topological polar surface area (TPSA) is 81.4 Å². The smallest absolute Gasteiger partial charge is 0.246 e. The van der Waals surface area contributed by atoms with Crippen molar-refractivity contribution in [1.29, 1.82) is 0 Å². The number of anilines is 1. The van der Waals surface area contributed by atoms with Gasteiger partial charge in [0.25, 0.3) is 0 Å². The molecule has 0 bridgehead atoms. The van der Waals surface area contributed by atoms with Crippen LogP contribution in [0.4, 0.5) is 5.69 Å². The first-order valence-electron chi connectivity index (χ1n) is 8.82. The fourth-order valence-corrected chi connectivity index (χ4v) is 2.59. The van der Waals surface area contributed by atoms with Crippen molar-refractivity contribution < 1.29 is 14.0 Å². The molecule has 0 aliphatic carbocycles. The maximum atomic E-state index is 5.62. The van der Waals surface area contributed by atoms with E-state index in [0.717, 1.165) is 22.7 Å². The van der Waals surface area contributed by atoms with Gasteiger partial charge in [-0.15, -0.1) is 0 Å². The molecular weight excluding hydrogens is 376 g/mol. The number of nitrogens with one attached hydrogen (secondary N) is 2. The van der Waals surface area contributed by atoms with Crippen LogP contribution >= 0.6 is 12.2 Å². The fraction of sp³-hybridized carbons (Fsp3) is 0.250. The molecule has 0 radical (unpaired) electrons. The number of aromatic nitrogens is 2. The second kappa shape index (κ2) is 9.18. The normalized spacial score (nSPS) is 10.6. The molecule has 28 heavy (non-hydrogen) atoms. The Morgan fingerprint density at radius 3 is 2.39 bits per heavy atom. The van der Waals surface area contributed by atoms with Gasteiger partial charge in [-0.2, -0.15) is 4.98 Å². The highest BCUT2D eigenvalue weighted by Gasteiger charge is 2.09. The van der Waals surface area contributed by atoms with Crippen LogP contribution in [0.5, 0.6) is 11.5 Å². The molecule has 0 aliphatic rings. The Labute approximate surface area is 169 Å². The highest BCUT2D eigenvalue weighted by atomic mass is 32.1. The molecule has 0 spiro atoms. The van der Waals surface area contributed by atoms with E-state index in [1.165, 1.54) is 0 Å². The van der Waals surface area contributed by atoms with E-state index in [9.17, 15) is 0 Å². The third-order valence-corrected chi connectivity index (χ3v) is 3.95. The summed E-state index contributed by atoms with van der Waals surface area (Å²) >= 11 is 5.31. The number of hydrogen-bond acceptors (Lipinski definition) is 6. The lowest BCUT2D eigenvalue weighted by molar-refractivity contribution is 0.242. The predicted octanol–water partition coefficient (Wildman–Crippen LogP) is 4.02. The van der Waals surface area contributed by atoms with Crippen LogP contribution in [-0.2, 0) is 6.54 Å². The molecule has 0 atom stereocenters. The third kappa shape index (κ3) is 5.43. The van der Waals surface area contributed by atoms with Crippen LogP contribution in [0.25, 0.3) is 11.4 Å². The van der Waals surface area contributed by atoms with E-state index in [2.05, 4.69) is 20.8 Å². The van der Waals surface area contributed by atoms with Crippen LogP contribution in [-0.4, -0.2) is 28.5 Å². The molecule has 2 N–H and O–H groups in total.